The molecule has 1 rings (SSSR count). The van der Waals surface area contributed by atoms with Gasteiger partial charge in [0.2, 0.25) is 10.0 Å². The number of nitrogens with two attached hydrogens (primary N) is 1. The van der Waals surface area contributed by atoms with Crippen LogP contribution in [0.5, 0.6) is 0 Å². The first kappa shape index (κ1) is 16.0. The molecule has 19 heavy (non-hydrogen) atoms. The third-order valence-electron chi connectivity index (χ3n) is 3.31. The molecule has 0 bridgehead atoms. The first-order chi connectivity index (χ1) is 8.67. The number of rotatable bonds is 5. The molecule has 1 unspecified atom stereocenters. The van der Waals surface area contributed by atoms with Gasteiger partial charge < -0.3 is 5.73 Å². The van der Waals surface area contributed by atoms with E-state index in [1.807, 2.05) is 6.92 Å². The Kier molecular flexibility index (Phi) is 4.98. The van der Waals surface area contributed by atoms with Gasteiger partial charge in [-0.15, -0.1) is 0 Å². The number of aryl methyl sites for hydroxylation is 1. The summed E-state index contributed by atoms with van der Waals surface area (Å²) in [5.74, 6) is 0.446. The van der Waals surface area contributed by atoms with Gasteiger partial charge in [-0.3, -0.25) is 0 Å². The molecule has 0 aliphatic heterocycles. The Labute approximate surface area is 116 Å². The molecule has 0 saturated carbocycles. The predicted molar refractivity (Wildman–Crippen MR) is 79.5 cm³/mol. The number of hydrogen-bond donors (Lipinski definition) is 1. The van der Waals surface area contributed by atoms with Crippen LogP contribution in [0, 0.1) is 12.8 Å². The van der Waals surface area contributed by atoms with Crippen LogP contribution in [0.25, 0.3) is 0 Å². The molecule has 5 heteroatoms. The Balaban J connectivity index is 3.17. The van der Waals surface area contributed by atoms with Gasteiger partial charge in [0.25, 0.3) is 0 Å². The van der Waals surface area contributed by atoms with Gasteiger partial charge in [-0.1, -0.05) is 26.0 Å². The molecular formula is C14H24N2O2S. The van der Waals surface area contributed by atoms with Crippen LogP contribution in [-0.2, 0) is 10.0 Å². The third-order valence-corrected chi connectivity index (χ3v) is 5.50. The van der Waals surface area contributed by atoms with Crippen LogP contribution in [0.1, 0.15) is 32.8 Å². The first-order valence-electron chi connectivity index (χ1n) is 6.51. The van der Waals surface area contributed by atoms with E-state index in [0.29, 0.717) is 17.2 Å². The standard InChI is InChI=1S/C14H24N2O2S/c1-10(2)9-12(4)16(5)19(17,18)14-11(3)7-6-8-13(14)15/h6-8,10,12H,9,15H2,1-5H3. The zero-order valence-electron chi connectivity index (χ0n) is 12.3. The fraction of sp³-hybridized carbons (Fsp3) is 0.571. The van der Waals surface area contributed by atoms with Crippen LogP contribution in [0.2, 0.25) is 0 Å². The Morgan fingerprint density at radius 2 is 1.84 bits per heavy atom. The highest BCUT2D eigenvalue weighted by atomic mass is 32.2. The Morgan fingerprint density at radius 3 is 2.32 bits per heavy atom. The van der Waals surface area contributed by atoms with E-state index in [2.05, 4.69) is 13.8 Å². The van der Waals surface area contributed by atoms with E-state index in [0.717, 1.165) is 6.42 Å². The second-order valence-corrected chi connectivity index (χ2v) is 7.43. The van der Waals surface area contributed by atoms with Crippen molar-refractivity contribution >= 4 is 15.7 Å². The molecule has 0 aliphatic carbocycles. The zero-order chi connectivity index (χ0) is 14.8. The molecule has 0 saturated heterocycles. The summed E-state index contributed by atoms with van der Waals surface area (Å²) in [7, 11) is -1.92. The van der Waals surface area contributed by atoms with Gasteiger partial charge in [0.15, 0.2) is 0 Å². The van der Waals surface area contributed by atoms with Gasteiger partial charge in [-0.25, -0.2) is 8.42 Å². The van der Waals surface area contributed by atoms with E-state index in [9.17, 15) is 8.42 Å². The Bertz CT molecular complexity index is 518. The van der Waals surface area contributed by atoms with Gasteiger partial charge in [-0.05, 0) is 37.8 Å². The van der Waals surface area contributed by atoms with Crippen LogP contribution in [-0.4, -0.2) is 25.8 Å². The van der Waals surface area contributed by atoms with Gasteiger partial charge in [0, 0.05) is 13.1 Å². The Hall–Kier alpha value is -1.07. The average molecular weight is 284 g/mol. The van der Waals surface area contributed by atoms with E-state index < -0.39 is 10.0 Å². The van der Waals surface area contributed by atoms with Gasteiger partial charge in [0.05, 0.1) is 5.69 Å². The summed E-state index contributed by atoms with van der Waals surface area (Å²) in [4.78, 5) is 0.230. The normalized spacial score (nSPS) is 14.1. The van der Waals surface area contributed by atoms with Crippen LogP contribution in [0.3, 0.4) is 0 Å². The maximum Gasteiger partial charge on any atom is 0.245 e. The summed E-state index contributed by atoms with van der Waals surface area (Å²) in [5, 5.41) is 0. The van der Waals surface area contributed by atoms with Crippen LogP contribution >= 0.6 is 0 Å². The minimum atomic E-state index is -3.54. The second-order valence-electron chi connectivity index (χ2n) is 5.49. The molecule has 0 heterocycles. The lowest BCUT2D eigenvalue weighted by Crippen LogP contribution is -2.36. The summed E-state index contributed by atoms with van der Waals surface area (Å²) in [6, 6.07) is 5.11. The fourth-order valence-corrected chi connectivity index (χ4v) is 3.93. The SMILES string of the molecule is Cc1cccc(N)c1S(=O)(=O)N(C)C(C)CC(C)C. The van der Waals surface area contributed by atoms with Crippen LogP contribution in [0.15, 0.2) is 23.1 Å². The van der Waals surface area contributed by atoms with Crippen molar-refractivity contribution in [3.63, 3.8) is 0 Å². The molecule has 1 atom stereocenters. The average Bonchev–Trinajstić information content (AvgIpc) is 2.26. The number of hydrogen-bond acceptors (Lipinski definition) is 3. The lowest BCUT2D eigenvalue weighted by Gasteiger charge is -2.26. The van der Waals surface area contributed by atoms with E-state index in [4.69, 9.17) is 5.73 Å². The lowest BCUT2D eigenvalue weighted by molar-refractivity contribution is 0.338. The summed E-state index contributed by atoms with van der Waals surface area (Å²) in [6.07, 6.45) is 0.821. The van der Waals surface area contributed by atoms with Crippen molar-refractivity contribution in [1.29, 1.82) is 0 Å². The number of nitrogen functional groups attached to an aromatic ring is 1. The highest BCUT2D eigenvalue weighted by molar-refractivity contribution is 7.89. The molecule has 0 aromatic heterocycles. The van der Waals surface area contributed by atoms with E-state index in [1.165, 1.54) is 4.31 Å². The summed E-state index contributed by atoms with van der Waals surface area (Å²) < 4.78 is 26.7. The maximum atomic E-state index is 12.6. The number of anilines is 1. The molecule has 2 N–H and O–H groups in total. The van der Waals surface area contributed by atoms with Crippen molar-refractivity contribution in [3.8, 4) is 0 Å². The maximum absolute atomic E-state index is 12.6. The van der Waals surface area contributed by atoms with Gasteiger partial charge in [0.1, 0.15) is 4.90 Å². The molecule has 0 amide bonds. The molecular weight excluding hydrogens is 260 g/mol. The largest absolute Gasteiger partial charge is 0.398 e. The molecule has 1 aromatic carbocycles. The number of sulfonamides is 1. The molecule has 0 radical (unpaired) electrons. The number of benzene rings is 1. The quantitative estimate of drug-likeness (QED) is 0.845. The molecule has 0 aliphatic rings. The second kappa shape index (κ2) is 5.92. The predicted octanol–water partition coefficient (Wildman–Crippen LogP) is 2.63. The van der Waals surface area contributed by atoms with Crippen molar-refractivity contribution in [2.75, 3.05) is 12.8 Å². The van der Waals surface area contributed by atoms with Crippen molar-refractivity contribution in [3.05, 3.63) is 23.8 Å². The van der Waals surface area contributed by atoms with Gasteiger partial charge >= 0.3 is 0 Å². The Morgan fingerprint density at radius 1 is 1.26 bits per heavy atom. The molecule has 0 spiro atoms. The van der Waals surface area contributed by atoms with Crippen LogP contribution in [0.4, 0.5) is 5.69 Å². The summed E-state index contributed by atoms with van der Waals surface area (Å²) in [5.41, 5.74) is 6.83. The highest BCUT2D eigenvalue weighted by Gasteiger charge is 2.28. The molecule has 108 valence electrons. The number of nitrogens with zero attached hydrogens (tertiary/aromatic N) is 1. The summed E-state index contributed by atoms with van der Waals surface area (Å²) >= 11 is 0. The van der Waals surface area contributed by atoms with Gasteiger partial charge in [-0.2, -0.15) is 4.31 Å². The van der Waals surface area contributed by atoms with Crippen molar-refractivity contribution in [2.45, 2.75) is 45.1 Å². The van der Waals surface area contributed by atoms with Crippen LogP contribution < -0.4 is 5.73 Å². The lowest BCUT2D eigenvalue weighted by atomic mass is 10.1. The first-order valence-corrected chi connectivity index (χ1v) is 7.95. The minimum Gasteiger partial charge on any atom is -0.398 e. The fourth-order valence-electron chi connectivity index (χ4n) is 2.24. The van der Waals surface area contributed by atoms with Crippen molar-refractivity contribution < 1.29 is 8.42 Å². The topological polar surface area (TPSA) is 63.4 Å². The summed E-state index contributed by atoms with van der Waals surface area (Å²) in [6.45, 7) is 7.86. The van der Waals surface area contributed by atoms with E-state index in [1.54, 1.807) is 32.2 Å². The van der Waals surface area contributed by atoms with Crippen molar-refractivity contribution in [1.82, 2.24) is 4.31 Å². The minimum absolute atomic E-state index is 0.0518. The third kappa shape index (κ3) is 3.48. The molecule has 4 nitrogen and oxygen atoms in total. The molecule has 0 fully saturated rings. The molecule has 1 aromatic rings. The highest BCUT2D eigenvalue weighted by Crippen LogP contribution is 2.27. The van der Waals surface area contributed by atoms with E-state index >= 15 is 0 Å². The monoisotopic (exact) mass is 284 g/mol. The zero-order valence-corrected chi connectivity index (χ0v) is 13.2. The smallest absolute Gasteiger partial charge is 0.245 e. The van der Waals surface area contributed by atoms with Crippen molar-refractivity contribution in [2.24, 2.45) is 5.92 Å². The van der Waals surface area contributed by atoms with E-state index in [-0.39, 0.29) is 10.9 Å².